The first-order chi connectivity index (χ1) is 14.8. The minimum atomic E-state index is -0.0224. The molecule has 0 spiro atoms. The van der Waals surface area contributed by atoms with E-state index in [1.807, 2.05) is 17.2 Å². The van der Waals surface area contributed by atoms with Crippen molar-refractivity contribution in [1.29, 1.82) is 0 Å². The van der Waals surface area contributed by atoms with Gasteiger partial charge >= 0.3 is 0 Å². The Morgan fingerprint density at radius 1 is 1.33 bits per heavy atom. The fraction of sp³-hybridized carbons (Fsp3) is 0.565. The number of pyridine rings is 1. The average molecular weight is 412 g/mol. The Hall–Kier alpha value is -2.22. The summed E-state index contributed by atoms with van der Waals surface area (Å²) < 4.78 is 5.32. The number of aromatic nitrogens is 1. The first-order valence-electron chi connectivity index (χ1n) is 11.2. The summed E-state index contributed by atoms with van der Waals surface area (Å²) in [7, 11) is 0. The number of carbonyl (C=O) groups excluding carboxylic acids is 1. The summed E-state index contributed by atoms with van der Waals surface area (Å²) in [5.74, 6) is 0.395. The minimum Gasteiger partial charge on any atom is -0.459 e. The van der Waals surface area contributed by atoms with Crippen molar-refractivity contribution in [2.75, 3.05) is 39.3 Å². The molecule has 0 aromatic carbocycles. The summed E-state index contributed by atoms with van der Waals surface area (Å²) in [6.07, 6.45) is 9.02. The van der Waals surface area contributed by atoms with E-state index in [0.29, 0.717) is 24.9 Å². The molecule has 4 rings (SSSR count). The largest absolute Gasteiger partial charge is 0.459 e. The number of nitrogens with one attached hydrogen (secondary N) is 1. The Kier molecular flexibility index (Phi) is 7.15. The van der Waals surface area contributed by atoms with Gasteiger partial charge in [0.2, 0.25) is 0 Å². The lowest BCUT2D eigenvalue weighted by Gasteiger charge is -2.40. The molecule has 3 heterocycles. The topological polar surface area (TPSA) is 87.6 Å². The summed E-state index contributed by atoms with van der Waals surface area (Å²) in [6, 6.07) is 8.33. The first kappa shape index (κ1) is 21.0. The van der Waals surface area contributed by atoms with Crippen LogP contribution in [0.2, 0.25) is 0 Å². The second kappa shape index (κ2) is 10.2. The van der Waals surface area contributed by atoms with Crippen molar-refractivity contribution in [3.8, 4) is 0 Å². The molecular weight excluding hydrogens is 378 g/mol. The molecule has 162 valence electrons. The highest BCUT2D eigenvalue weighted by atomic mass is 16.3. The molecule has 2 aromatic heterocycles. The van der Waals surface area contributed by atoms with Crippen LogP contribution in [-0.2, 0) is 6.42 Å². The van der Waals surface area contributed by atoms with Gasteiger partial charge in [-0.3, -0.25) is 14.7 Å². The van der Waals surface area contributed by atoms with E-state index in [9.17, 15) is 4.79 Å². The van der Waals surface area contributed by atoms with Crippen LogP contribution in [0.25, 0.3) is 0 Å². The summed E-state index contributed by atoms with van der Waals surface area (Å²) in [5, 5.41) is 3.62. The molecule has 0 unspecified atom stereocenters. The summed E-state index contributed by atoms with van der Waals surface area (Å²) in [6.45, 7) is 4.81. The van der Waals surface area contributed by atoms with Gasteiger partial charge in [-0.05, 0) is 69.0 Å². The molecule has 2 aromatic rings. The van der Waals surface area contributed by atoms with Gasteiger partial charge in [0, 0.05) is 38.4 Å². The van der Waals surface area contributed by atoms with Gasteiger partial charge in [0.1, 0.15) is 0 Å². The molecule has 1 fully saturated rings. The molecule has 7 nitrogen and oxygen atoms in total. The van der Waals surface area contributed by atoms with Crippen molar-refractivity contribution >= 4 is 5.91 Å². The van der Waals surface area contributed by atoms with Crippen LogP contribution in [0.4, 0.5) is 0 Å². The SMILES string of the molecule is NCCCCN(C[C@@H]1CN(C(=O)c2ccco2)CCN1)[C@H]1CCCc2cccnc21. The molecule has 0 saturated carbocycles. The van der Waals surface area contributed by atoms with Crippen LogP contribution in [-0.4, -0.2) is 66.0 Å². The lowest BCUT2D eigenvalue weighted by molar-refractivity contribution is 0.0628. The number of aryl methyl sites for hydroxylation is 1. The number of unbranched alkanes of at least 4 members (excludes halogenated alkanes) is 1. The van der Waals surface area contributed by atoms with Crippen LogP contribution in [0.5, 0.6) is 0 Å². The zero-order valence-corrected chi connectivity index (χ0v) is 17.6. The van der Waals surface area contributed by atoms with Crippen LogP contribution in [0.3, 0.4) is 0 Å². The second-order valence-corrected chi connectivity index (χ2v) is 8.33. The highest BCUT2D eigenvalue weighted by molar-refractivity contribution is 5.91. The minimum absolute atomic E-state index is 0.0224. The lowest BCUT2D eigenvalue weighted by Crippen LogP contribution is -2.56. The van der Waals surface area contributed by atoms with E-state index in [-0.39, 0.29) is 11.9 Å². The van der Waals surface area contributed by atoms with Gasteiger partial charge in [0.15, 0.2) is 5.76 Å². The van der Waals surface area contributed by atoms with E-state index < -0.39 is 0 Å². The van der Waals surface area contributed by atoms with E-state index in [2.05, 4.69) is 16.3 Å². The van der Waals surface area contributed by atoms with Crippen LogP contribution in [0.15, 0.2) is 41.1 Å². The second-order valence-electron chi connectivity index (χ2n) is 8.33. The van der Waals surface area contributed by atoms with Gasteiger partial charge in [-0.2, -0.15) is 0 Å². The third-order valence-corrected chi connectivity index (χ3v) is 6.24. The molecule has 0 radical (unpaired) electrons. The Labute approximate surface area is 178 Å². The molecule has 1 saturated heterocycles. The molecule has 1 aliphatic carbocycles. The third kappa shape index (κ3) is 4.91. The van der Waals surface area contributed by atoms with Crippen molar-refractivity contribution in [3.05, 3.63) is 53.7 Å². The van der Waals surface area contributed by atoms with Gasteiger partial charge in [-0.15, -0.1) is 0 Å². The molecule has 1 amide bonds. The van der Waals surface area contributed by atoms with Gasteiger partial charge in [-0.1, -0.05) is 6.07 Å². The number of hydrogen-bond acceptors (Lipinski definition) is 6. The van der Waals surface area contributed by atoms with Crippen LogP contribution < -0.4 is 11.1 Å². The molecule has 2 atom stereocenters. The van der Waals surface area contributed by atoms with E-state index in [1.54, 1.807) is 18.4 Å². The zero-order chi connectivity index (χ0) is 20.8. The number of carbonyl (C=O) groups is 1. The van der Waals surface area contributed by atoms with Gasteiger partial charge in [0.25, 0.3) is 5.91 Å². The molecule has 7 heteroatoms. The number of nitrogens with two attached hydrogens (primary N) is 1. The number of amides is 1. The van der Waals surface area contributed by atoms with Gasteiger partial charge in [0.05, 0.1) is 18.0 Å². The number of fused-ring (bicyclic) bond motifs is 1. The Morgan fingerprint density at radius 3 is 3.10 bits per heavy atom. The van der Waals surface area contributed by atoms with Crippen molar-refractivity contribution in [3.63, 3.8) is 0 Å². The van der Waals surface area contributed by atoms with Crippen LogP contribution in [0.1, 0.15) is 53.5 Å². The van der Waals surface area contributed by atoms with E-state index in [1.165, 1.54) is 17.7 Å². The van der Waals surface area contributed by atoms with Gasteiger partial charge in [-0.25, -0.2) is 0 Å². The monoisotopic (exact) mass is 411 g/mol. The third-order valence-electron chi connectivity index (χ3n) is 6.24. The molecule has 30 heavy (non-hydrogen) atoms. The quantitative estimate of drug-likeness (QED) is 0.648. The maximum Gasteiger partial charge on any atom is 0.289 e. The highest BCUT2D eigenvalue weighted by Crippen LogP contribution is 2.33. The number of nitrogens with zero attached hydrogens (tertiary/aromatic N) is 3. The Morgan fingerprint density at radius 2 is 2.27 bits per heavy atom. The van der Waals surface area contributed by atoms with Crippen molar-refractivity contribution in [2.24, 2.45) is 5.73 Å². The predicted molar refractivity (Wildman–Crippen MR) is 116 cm³/mol. The molecule has 1 aliphatic heterocycles. The summed E-state index contributed by atoms with van der Waals surface area (Å²) in [4.78, 5) is 22.0. The standard InChI is InChI=1S/C23H33N5O2/c24-10-1-2-13-27(20-8-3-6-18-7-4-11-26-22(18)20)16-19-17-28(14-12-25-19)23(29)21-9-5-15-30-21/h4-5,7,9,11,15,19-20,25H,1-3,6,8,10,12-14,16-17,24H2/t19-,20+/m1/s1. The highest BCUT2D eigenvalue weighted by Gasteiger charge is 2.31. The Bertz CT molecular complexity index is 810. The molecule has 2 aliphatic rings. The van der Waals surface area contributed by atoms with Gasteiger partial charge < -0.3 is 20.4 Å². The fourth-order valence-electron chi connectivity index (χ4n) is 4.75. The average Bonchev–Trinajstić information content (AvgIpc) is 3.33. The fourth-order valence-corrected chi connectivity index (χ4v) is 4.75. The van der Waals surface area contributed by atoms with Crippen molar-refractivity contribution in [2.45, 2.75) is 44.2 Å². The Balaban J connectivity index is 1.46. The zero-order valence-electron chi connectivity index (χ0n) is 17.6. The number of rotatable bonds is 8. The smallest absolute Gasteiger partial charge is 0.289 e. The lowest BCUT2D eigenvalue weighted by atomic mass is 9.90. The number of furan rings is 1. The van der Waals surface area contributed by atoms with Crippen molar-refractivity contribution < 1.29 is 9.21 Å². The maximum atomic E-state index is 12.7. The van der Waals surface area contributed by atoms with E-state index in [0.717, 1.165) is 51.9 Å². The van der Waals surface area contributed by atoms with Crippen molar-refractivity contribution in [1.82, 2.24) is 20.1 Å². The van der Waals surface area contributed by atoms with Crippen LogP contribution in [0, 0.1) is 0 Å². The number of hydrogen-bond donors (Lipinski definition) is 2. The molecular formula is C23H33N5O2. The van der Waals surface area contributed by atoms with Crippen LogP contribution >= 0.6 is 0 Å². The van der Waals surface area contributed by atoms with E-state index in [4.69, 9.17) is 15.1 Å². The molecule has 3 N–H and O–H groups in total. The molecule has 0 bridgehead atoms. The predicted octanol–water partition coefficient (Wildman–Crippen LogP) is 2.21. The normalized spacial score (nSPS) is 21.6. The summed E-state index contributed by atoms with van der Waals surface area (Å²) >= 11 is 0. The number of piperazine rings is 1. The van der Waals surface area contributed by atoms with E-state index >= 15 is 0 Å². The maximum absolute atomic E-state index is 12.7. The summed E-state index contributed by atoms with van der Waals surface area (Å²) in [5.41, 5.74) is 8.37. The first-order valence-corrected chi connectivity index (χ1v) is 11.2.